The molecule has 0 amide bonds. The molecule has 0 aromatic carbocycles. The molecular formula is H10BaLaO4Ti. The van der Waals surface area contributed by atoms with Crippen molar-refractivity contribution in [2.45, 2.75) is 0 Å². The fourth-order valence-corrected chi connectivity index (χ4v) is 0. The van der Waals surface area contributed by atoms with E-state index in [1.807, 2.05) is 0 Å². The van der Waals surface area contributed by atoms with Crippen molar-refractivity contribution >= 4 is 48.9 Å². The summed E-state index contributed by atoms with van der Waals surface area (Å²) in [6.07, 6.45) is 0. The summed E-state index contributed by atoms with van der Waals surface area (Å²) in [4.78, 5) is 0. The van der Waals surface area contributed by atoms with E-state index in [0.717, 1.165) is 0 Å². The van der Waals surface area contributed by atoms with Crippen LogP contribution < -0.4 is 0 Å². The summed E-state index contributed by atoms with van der Waals surface area (Å²) in [5.74, 6) is 0. The fourth-order valence-electron chi connectivity index (χ4n) is 0. The number of hydrogen-bond acceptors (Lipinski definition) is 0. The van der Waals surface area contributed by atoms with Crippen LogP contribution >= 0.6 is 0 Å². The Labute approximate surface area is 128 Å². The van der Waals surface area contributed by atoms with Gasteiger partial charge in [0.15, 0.2) is 0 Å². The quantitative estimate of drug-likeness (QED) is 0.377. The molecule has 0 aromatic heterocycles. The van der Waals surface area contributed by atoms with Gasteiger partial charge in [0.05, 0.1) is 0 Å². The van der Waals surface area contributed by atoms with Gasteiger partial charge in [0.2, 0.25) is 0 Å². The van der Waals surface area contributed by atoms with Crippen molar-refractivity contribution in [3.05, 3.63) is 0 Å². The van der Waals surface area contributed by atoms with E-state index in [1.54, 1.807) is 0 Å². The Balaban J connectivity index is 0. The summed E-state index contributed by atoms with van der Waals surface area (Å²) in [6.45, 7) is 0. The van der Waals surface area contributed by atoms with Gasteiger partial charge in [-0.3, -0.25) is 0 Å². The summed E-state index contributed by atoms with van der Waals surface area (Å²) in [7, 11) is 0. The molecule has 0 bridgehead atoms. The van der Waals surface area contributed by atoms with Gasteiger partial charge in [-0.2, -0.15) is 0 Å². The van der Waals surface area contributed by atoms with Crippen molar-refractivity contribution in [3.8, 4) is 0 Å². The summed E-state index contributed by atoms with van der Waals surface area (Å²) in [5, 5.41) is 0. The van der Waals surface area contributed by atoms with Crippen LogP contribution in [-0.2, 0) is 21.7 Å². The van der Waals surface area contributed by atoms with Gasteiger partial charge in [0, 0.05) is 57.3 Å². The van der Waals surface area contributed by atoms with Crippen LogP contribution in [0.15, 0.2) is 0 Å². The molecular weight excluding hydrogens is 388 g/mol. The molecule has 8 N–H and O–H groups in total. The predicted molar refractivity (Wildman–Crippen MR) is 22.4 cm³/mol. The van der Waals surface area contributed by atoms with Crippen LogP contribution in [0.2, 0.25) is 0 Å². The molecule has 4 nitrogen and oxygen atoms in total. The zero-order valence-electron chi connectivity index (χ0n) is 5.78. The molecule has 0 atom stereocenters. The molecule has 0 aliphatic heterocycles. The molecule has 0 saturated heterocycles. The van der Waals surface area contributed by atoms with E-state index in [1.165, 1.54) is 0 Å². The van der Waals surface area contributed by atoms with Crippen LogP contribution in [0.1, 0.15) is 2.85 Å². The van der Waals surface area contributed by atoms with Crippen molar-refractivity contribution in [1.29, 1.82) is 0 Å². The third-order valence-electron chi connectivity index (χ3n) is 0. The summed E-state index contributed by atoms with van der Waals surface area (Å²) >= 11 is 0. The van der Waals surface area contributed by atoms with Gasteiger partial charge >= 0.3 is 48.9 Å². The first-order chi connectivity index (χ1) is 0. The van der Waals surface area contributed by atoms with Gasteiger partial charge in [-0.15, -0.1) is 0 Å². The maximum atomic E-state index is 0. The molecule has 7 heteroatoms. The van der Waals surface area contributed by atoms with E-state index in [9.17, 15) is 0 Å². The first-order valence-electron chi connectivity index (χ1n) is 0. The van der Waals surface area contributed by atoms with Crippen molar-refractivity contribution in [2.75, 3.05) is 0 Å². The van der Waals surface area contributed by atoms with Gasteiger partial charge in [-0.25, -0.2) is 0 Å². The van der Waals surface area contributed by atoms with Crippen LogP contribution in [0.25, 0.3) is 0 Å². The molecule has 7 heavy (non-hydrogen) atoms. The first-order valence-corrected chi connectivity index (χ1v) is 0. The van der Waals surface area contributed by atoms with E-state index in [4.69, 9.17) is 0 Å². The van der Waals surface area contributed by atoms with Gasteiger partial charge in [-0.1, -0.05) is 0 Å². The monoisotopic (exact) mass is 399 g/mol. The zero-order chi connectivity index (χ0) is 0. The molecule has 0 unspecified atom stereocenters. The van der Waals surface area contributed by atoms with Crippen molar-refractivity contribution in [3.63, 3.8) is 0 Å². The second kappa shape index (κ2) is 58.5. The minimum Gasteiger partial charge on any atom is -1.00 e. The topological polar surface area (TPSA) is 126 Å². The molecule has 0 heterocycles. The summed E-state index contributed by atoms with van der Waals surface area (Å²) in [5.41, 5.74) is 0. The second-order valence-electron chi connectivity index (χ2n) is 0. The summed E-state index contributed by atoms with van der Waals surface area (Å²) in [6, 6.07) is 0. The summed E-state index contributed by atoms with van der Waals surface area (Å²) < 4.78 is 0. The SMILES string of the molecule is O.O.O.O.[Ba+2].[H-].[H-].[La].[Ti]. The van der Waals surface area contributed by atoms with Gasteiger partial charge < -0.3 is 24.8 Å². The van der Waals surface area contributed by atoms with Crippen LogP contribution in [0, 0.1) is 35.6 Å². The Bertz CT molecular complexity index is 18.5. The number of rotatable bonds is 0. The smallest absolute Gasteiger partial charge is 1.00 e. The molecule has 0 spiro atoms. The van der Waals surface area contributed by atoms with E-state index in [-0.39, 0.29) is 131 Å². The van der Waals surface area contributed by atoms with Crippen molar-refractivity contribution in [1.82, 2.24) is 0 Å². The molecule has 0 aliphatic rings. The third-order valence-corrected chi connectivity index (χ3v) is 0. The average molecular weight is 398 g/mol. The number of hydrogen-bond donors (Lipinski definition) is 0. The normalized spacial score (nSPS) is 0. The Morgan fingerprint density at radius 1 is 0.714 bits per heavy atom. The zero-order valence-corrected chi connectivity index (χ0v) is 13.4. The van der Waals surface area contributed by atoms with Crippen LogP contribution in [0.3, 0.4) is 0 Å². The Morgan fingerprint density at radius 3 is 0.714 bits per heavy atom. The van der Waals surface area contributed by atoms with Crippen LogP contribution in [-0.4, -0.2) is 70.8 Å². The first kappa shape index (κ1) is 81.3. The van der Waals surface area contributed by atoms with Crippen LogP contribution in [0.4, 0.5) is 0 Å². The average Bonchev–Trinajstić information content (AvgIpc) is 0. The predicted octanol–water partition coefficient (Wildman–Crippen LogP) is -3.46. The Kier molecular flexibility index (Phi) is 680. The van der Waals surface area contributed by atoms with Gasteiger partial charge in [-0.05, 0) is 0 Å². The van der Waals surface area contributed by atoms with E-state index in [0.29, 0.717) is 0 Å². The second-order valence-corrected chi connectivity index (χ2v) is 0. The largest absolute Gasteiger partial charge is 2.00 e. The maximum absolute atomic E-state index is 0. The molecule has 43 valence electrons. The molecule has 0 saturated carbocycles. The fraction of sp³-hybridized carbons (Fsp3) is 0. The minimum absolute atomic E-state index is 0. The van der Waals surface area contributed by atoms with Crippen molar-refractivity contribution in [2.24, 2.45) is 0 Å². The van der Waals surface area contributed by atoms with E-state index < -0.39 is 0 Å². The van der Waals surface area contributed by atoms with E-state index >= 15 is 0 Å². The Hall–Kier alpha value is 3.32. The third kappa shape index (κ3) is 45.3. The van der Waals surface area contributed by atoms with Gasteiger partial charge in [0.1, 0.15) is 0 Å². The molecule has 0 aromatic rings. The standard InChI is InChI=1S/Ba.La.4H2O.Ti.2H/h;;4*1H2;;;/q+2;;;;;;;2*-1. The molecule has 0 rings (SSSR count). The minimum atomic E-state index is 0. The van der Waals surface area contributed by atoms with Gasteiger partial charge in [0.25, 0.3) is 0 Å². The van der Waals surface area contributed by atoms with Crippen LogP contribution in [0.5, 0.6) is 0 Å². The molecule has 0 aliphatic carbocycles. The van der Waals surface area contributed by atoms with E-state index in [2.05, 4.69) is 0 Å². The Morgan fingerprint density at radius 2 is 0.714 bits per heavy atom. The van der Waals surface area contributed by atoms with Crippen molar-refractivity contribution < 1.29 is 82.1 Å². The molecule has 1 radical (unpaired) electrons. The molecule has 0 fully saturated rings. The maximum Gasteiger partial charge on any atom is 2.00 e.